The SMILES string of the molecule is NCc1nnc(SCc2cc(=O)n3cc(Br)ccc3n2)o1. The van der Waals surface area contributed by atoms with Gasteiger partial charge in [0.2, 0.25) is 5.89 Å². The van der Waals surface area contributed by atoms with Crippen molar-refractivity contribution in [1.29, 1.82) is 0 Å². The van der Waals surface area contributed by atoms with E-state index in [0.717, 1.165) is 4.47 Å². The molecule has 0 radical (unpaired) electrons. The van der Waals surface area contributed by atoms with Crippen LogP contribution in [0.1, 0.15) is 11.6 Å². The van der Waals surface area contributed by atoms with Crippen molar-refractivity contribution >= 4 is 33.3 Å². The molecule has 0 bridgehead atoms. The number of hydrogen-bond acceptors (Lipinski definition) is 7. The van der Waals surface area contributed by atoms with Crippen molar-refractivity contribution in [3.05, 3.63) is 50.8 Å². The van der Waals surface area contributed by atoms with E-state index in [1.807, 2.05) is 6.07 Å². The maximum atomic E-state index is 12.0. The van der Waals surface area contributed by atoms with E-state index in [0.29, 0.717) is 28.2 Å². The summed E-state index contributed by atoms with van der Waals surface area (Å²) in [6.07, 6.45) is 1.69. The van der Waals surface area contributed by atoms with Crippen LogP contribution in [-0.4, -0.2) is 19.6 Å². The molecule has 0 atom stereocenters. The van der Waals surface area contributed by atoms with E-state index in [9.17, 15) is 4.79 Å². The van der Waals surface area contributed by atoms with Gasteiger partial charge in [0, 0.05) is 22.5 Å². The summed E-state index contributed by atoms with van der Waals surface area (Å²) in [6, 6.07) is 5.11. The van der Waals surface area contributed by atoms with Crippen LogP contribution >= 0.6 is 27.7 Å². The van der Waals surface area contributed by atoms with Crippen LogP contribution in [0.15, 0.2) is 43.3 Å². The van der Waals surface area contributed by atoms with Crippen molar-refractivity contribution in [2.24, 2.45) is 5.73 Å². The summed E-state index contributed by atoms with van der Waals surface area (Å²) in [6.45, 7) is 0.206. The first kappa shape index (κ1) is 14.2. The number of fused-ring (bicyclic) bond motifs is 1. The van der Waals surface area contributed by atoms with E-state index >= 15 is 0 Å². The zero-order chi connectivity index (χ0) is 14.8. The van der Waals surface area contributed by atoms with E-state index in [2.05, 4.69) is 31.1 Å². The number of thioether (sulfide) groups is 1. The van der Waals surface area contributed by atoms with Gasteiger partial charge in [-0.3, -0.25) is 9.20 Å². The molecule has 0 spiro atoms. The van der Waals surface area contributed by atoms with E-state index in [4.69, 9.17) is 10.2 Å². The Labute approximate surface area is 131 Å². The first-order chi connectivity index (χ1) is 10.2. The Hall–Kier alpha value is -1.71. The van der Waals surface area contributed by atoms with Gasteiger partial charge in [0.15, 0.2) is 0 Å². The molecule has 7 nitrogen and oxygen atoms in total. The predicted molar refractivity (Wildman–Crippen MR) is 80.9 cm³/mol. The number of hydrogen-bond donors (Lipinski definition) is 1. The zero-order valence-corrected chi connectivity index (χ0v) is 13.1. The van der Waals surface area contributed by atoms with E-state index in [1.54, 1.807) is 12.3 Å². The Balaban J connectivity index is 1.84. The largest absolute Gasteiger partial charge is 0.415 e. The summed E-state index contributed by atoms with van der Waals surface area (Å²) < 4.78 is 7.59. The monoisotopic (exact) mass is 367 g/mol. The second-order valence-electron chi connectivity index (χ2n) is 4.12. The van der Waals surface area contributed by atoms with Crippen LogP contribution in [0.25, 0.3) is 5.65 Å². The molecule has 0 aromatic carbocycles. The first-order valence-corrected chi connectivity index (χ1v) is 7.76. The second kappa shape index (κ2) is 5.96. The van der Waals surface area contributed by atoms with Crippen molar-refractivity contribution in [3.63, 3.8) is 0 Å². The lowest BCUT2D eigenvalue weighted by Crippen LogP contribution is -2.15. The van der Waals surface area contributed by atoms with Gasteiger partial charge in [-0.1, -0.05) is 11.8 Å². The first-order valence-electron chi connectivity index (χ1n) is 5.99. The molecule has 21 heavy (non-hydrogen) atoms. The molecule has 0 unspecified atom stereocenters. The summed E-state index contributed by atoms with van der Waals surface area (Å²) in [4.78, 5) is 16.5. The molecule has 108 valence electrons. The Kier molecular flexibility index (Phi) is 4.04. The summed E-state index contributed by atoms with van der Waals surface area (Å²) >= 11 is 4.64. The van der Waals surface area contributed by atoms with Crippen LogP contribution in [0.3, 0.4) is 0 Å². The molecule has 0 amide bonds. The number of rotatable bonds is 4. The van der Waals surface area contributed by atoms with Crippen LogP contribution < -0.4 is 11.3 Å². The minimum Gasteiger partial charge on any atom is -0.415 e. The normalized spacial score (nSPS) is 11.1. The van der Waals surface area contributed by atoms with Crippen molar-refractivity contribution in [3.8, 4) is 0 Å². The fourth-order valence-corrected chi connectivity index (χ4v) is 2.72. The average Bonchev–Trinajstić information content (AvgIpc) is 2.94. The molecule has 2 N–H and O–H groups in total. The van der Waals surface area contributed by atoms with E-state index in [-0.39, 0.29) is 12.1 Å². The number of aromatic nitrogens is 4. The van der Waals surface area contributed by atoms with Crippen LogP contribution in [-0.2, 0) is 12.3 Å². The molecule has 0 saturated heterocycles. The lowest BCUT2D eigenvalue weighted by atomic mass is 10.4. The standard InChI is InChI=1S/C12H10BrN5O2S/c13-7-1-2-9-15-8(3-11(19)18(9)5-7)6-21-12-17-16-10(4-14)20-12/h1-3,5H,4,6,14H2. The summed E-state index contributed by atoms with van der Waals surface area (Å²) in [7, 11) is 0. The Bertz CT molecular complexity index is 847. The van der Waals surface area contributed by atoms with Crippen LogP contribution in [0.2, 0.25) is 0 Å². The maximum absolute atomic E-state index is 12.0. The highest BCUT2D eigenvalue weighted by Gasteiger charge is 2.08. The minimum absolute atomic E-state index is 0.134. The third-order valence-corrected chi connectivity index (χ3v) is 3.96. The minimum atomic E-state index is -0.134. The van der Waals surface area contributed by atoms with E-state index < -0.39 is 0 Å². The van der Waals surface area contributed by atoms with Crippen LogP contribution in [0.5, 0.6) is 0 Å². The Morgan fingerprint density at radius 2 is 2.24 bits per heavy atom. The number of halogens is 1. The molecule has 0 fully saturated rings. The number of pyridine rings is 1. The van der Waals surface area contributed by atoms with Gasteiger partial charge in [0.25, 0.3) is 10.8 Å². The Morgan fingerprint density at radius 1 is 1.38 bits per heavy atom. The van der Waals surface area contributed by atoms with Gasteiger partial charge in [0.1, 0.15) is 5.65 Å². The fraction of sp³-hybridized carbons (Fsp3) is 0.167. The second-order valence-corrected chi connectivity index (χ2v) is 5.96. The molecule has 0 saturated carbocycles. The van der Waals surface area contributed by atoms with Crippen molar-refractivity contribution in [2.75, 3.05) is 0 Å². The van der Waals surface area contributed by atoms with Gasteiger partial charge in [0.05, 0.1) is 12.2 Å². The maximum Gasteiger partial charge on any atom is 0.277 e. The third-order valence-electron chi connectivity index (χ3n) is 2.64. The molecule has 0 aliphatic carbocycles. The summed E-state index contributed by atoms with van der Waals surface area (Å²) in [5.41, 5.74) is 6.51. The highest BCUT2D eigenvalue weighted by atomic mass is 79.9. The smallest absolute Gasteiger partial charge is 0.277 e. The molecular formula is C12H10BrN5O2S. The van der Waals surface area contributed by atoms with Gasteiger partial charge in [-0.2, -0.15) is 0 Å². The van der Waals surface area contributed by atoms with Crippen molar-refractivity contribution in [2.45, 2.75) is 17.5 Å². The molecule has 3 rings (SSSR count). The average molecular weight is 368 g/mol. The lowest BCUT2D eigenvalue weighted by Gasteiger charge is -2.03. The lowest BCUT2D eigenvalue weighted by molar-refractivity contribution is 0.414. The number of nitrogens with two attached hydrogens (primary N) is 1. The third kappa shape index (κ3) is 3.14. The zero-order valence-electron chi connectivity index (χ0n) is 10.7. The molecule has 0 aliphatic rings. The van der Waals surface area contributed by atoms with Crippen molar-refractivity contribution < 1.29 is 4.42 Å². The molecule has 3 aromatic rings. The van der Waals surface area contributed by atoms with Gasteiger partial charge in [-0.15, -0.1) is 10.2 Å². The molecule has 9 heteroatoms. The van der Waals surface area contributed by atoms with Gasteiger partial charge >= 0.3 is 0 Å². The molecule has 0 aliphatic heterocycles. The quantitative estimate of drug-likeness (QED) is 0.698. The molecular weight excluding hydrogens is 358 g/mol. The van der Waals surface area contributed by atoms with Gasteiger partial charge in [-0.05, 0) is 28.1 Å². The molecule has 3 heterocycles. The number of nitrogens with zero attached hydrogens (tertiary/aromatic N) is 4. The summed E-state index contributed by atoms with van der Waals surface area (Å²) in [5, 5.41) is 8.03. The Morgan fingerprint density at radius 3 is 3.00 bits per heavy atom. The van der Waals surface area contributed by atoms with Gasteiger partial charge < -0.3 is 10.2 Å². The van der Waals surface area contributed by atoms with Gasteiger partial charge in [-0.25, -0.2) is 4.98 Å². The fourth-order valence-electron chi connectivity index (χ4n) is 1.71. The highest BCUT2D eigenvalue weighted by Crippen LogP contribution is 2.20. The highest BCUT2D eigenvalue weighted by molar-refractivity contribution is 9.10. The summed E-state index contributed by atoms with van der Waals surface area (Å²) in [5.74, 6) is 0.850. The van der Waals surface area contributed by atoms with Crippen LogP contribution in [0, 0.1) is 0 Å². The topological polar surface area (TPSA) is 99.3 Å². The van der Waals surface area contributed by atoms with E-state index in [1.165, 1.54) is 22.2 Å². The van der Waals surface area contributed by atoms with Crippen LogP contribution in [0.4, 0.5) is 0 Å². The predicted octanol–water partition coefficient (Wildman–Crippen LogP) is 1.59. The van der Waals surface area contributed by atoms with Crippen molar-refractivity contribution in [1.82, 2.24) is 19.6 Å². The molecule has 3 aromatic heterocycles.